The lowest BCUT2D eigenvalue weighted by Gasteiger charge is -2.32. The Morgan fingerprint density at radius 3 is 2.32 bits per heavy atom. The fourth-order valence-electron chi connectivity index (χ4n) is 4.84. The van der Waals surface area contributed by atoms with Crippen LogP contribution in [0.15, 0.2) is 77.8 Å². The number of aromatic amines is 1. The summed E-state index contributed by atoms with van der Waals surface area (Å²) in [5.41, 5.74) is 3.35. The van der Waals surface area contributed by atoms with E-state index >= 15 is 0 Å². The van der Waals surface area contributed by atoms with E-state index in [1.807, 2.05) is 30.3 Å². The largest absolute Gasteiger partial charge is 0.494 e. The molecule has 0 unspecified atom stereocenters. The SMILES string of the molecule is CN1CCN(CCON(C)C(=O)c2ccc(N=C(c3ccccc3)c3c(O)[nH]c4cc(C(=O)O)ccc34)cc2)CC1. The van der Waals surface area contributed by atoms with E-state index in [9.17, 15) is 19.8 Å². The maximum atomic E-state index is 12.9. The zero-order valence-corrected chi connectivity index (χ0v) is 23.1. The van der Waals surface area contributed by atoms with Gasteiger partial charge in [0.05, 0.1) is 29.1 Å². The number of aromatic carboxylic acids is 1. The molecule has 10 heteroatoms. The van der Waals surface area contributed by atoms with Crippen LogP contribution in [0.1, 0.15) is 31.8 Å². The van der Waals surface area contributed by atoms with Gasteiger partial charge in [-0.25, -0.2) is 14.9 Å². The number of carboxylic acids is 1. The molecular formula is C31H33N5O5. The van der Waals surface area contributed by atoms with Crippen molar-refractivity contribution in [1.29, 1.82) is 0 Å². The predicted octanol–water partition coefficient (Wildman–Crippen LogP) is 3.99. The third kappa shape index (κ3) is 6.46. The lowest BCUT2D eigenvalue weighted by atomic mass is 10.00. The van der Waals surface area contributed by atoms with Crippen molar-refractivity contribution in [2.24, 2.45) is 4.99 Å². The molecule has 1 saturated heterocycles. The number of hydroxylamine groups is 2. The summed E-state index contributed by atoms with van der Waals surface area (Å²) in [6.45, 7) is 5.23. The minimum Gasteiger partial charge on any atom is -0.494 e. The smallest absolute Gasteiger partial charge is 0.335 e. The van der Waals surface area contributed by atoms with Gasteiger partial charge in [0, 0.05) is 61.8 Å². The van der Waals surface area contributed by atoms with Gasteiger partial charge in [0.1, 0.15) is 0 Å². The number of H-pyrrole nitrogens is 1. The number of carbonyl (C=O) groups is 2. The molecule has 0 spiro atoms. The van der Waals surface area contributed by atoms with Crippen LogP contribution >= 0.6 is 0 Å². The van der Waals surface area contributed by atoms with Gasteiger partial charge in [0.2, 0.25) is 0 Å². The molecule has 10 nitrogen and oxygen atoms in total. The number of benzene rings is 3. The number of nitrogens with one attached hydrogen (secondary N) is 1. The maximum Gasteiger partial charge on any atom is 0.335 e. The Morgan fingerprint density at radius 1 is 0.951 bits per heavy atom. The zero-order valence-electron chi connectivity index (χ0n) is 23.1. The summed E-state index contributed by atoms with van der Waals surface area (Å²) in [7, 11) is 3.73. The topological polar surface area (TPSA) is 122 Å². The lowest BCUT2D eigenvalue weighted by Crippen LogP contribution is -2.46. The number of amides is 1. The minimum atomic E-state index is -1.06. The van der Waals surface area contributed by atoms with E-state index in [0.717, 1.165) is 38.3 Å². The molecule has 0 aliphatic carbocycles. The fraction of sp³-hybridized carbons (Fsp3) is 0.258. The van der Waals surface area contributed by atoms with Gasteiger partial charge in [-0.15, -0.1) is 0 Å². The van der Waals surface area contributed by atoms with Crippen molar-refractivity contribution in [3.8, 4) is 5.88 Å². The number of carboxylic acid groups (broad SMARTS) is 1. The molecule has 212 valence electrons. The number of nitrogens with zero attached hydrogens (tertiary/aromatic N) is 4. The van der Waals surface area contributed by atoms with Crippen LogP contribution in [0.25, 0.3) is 10.9 Å². The van der Waals surface area contributed by atoms with Gasteiger partial charge in [-0.1, -0.05) is 36.4 Å². The molecule has 0 saturated carbocycles. The average molecular weight is 556 g/mol. The van der Waals surface area contributed by atoms with E-state index in [1.54, 1.807) is 37.4 Å². The van der Waals surface area contributed by atoms with Gasteiger partial charge in [0.15, 0.2) is 5.88 Å². The first-order valence-corrected chi connectivity index (χ1v) is 13.4. The van der Waals surface area contributed by atoms with Crippen molar-refractivity contribution < 1.29 is 24.6 Å². The van der Waals surface area contributed by atoms with Crippen molar-refractivity contribution in [2.75, 3.05) is 53.4 Å². The molecule has 0 radical (unpaired) electrons. The first-order chi connectivity index (χ1) is 19.8. The second kappa shape index (κ2) is 12.3. The molecule has 0 bridgehead atoms. The minimum absolute atomic E-state index is 0.108. The Hall–Kier alpha value is -4.51. The van der Waals surface area contributed by atoms with Crippen molar-refractivity contribution >= 4 is 34.2 Å². The van der Waals surface area contributed by atoms with Crippen LogP contribution in [0.5, 0.6) is 5.88 Å². The number of piperazine rings is 1. The third-order valence-electron chi connectivity index (χ3n) is 7.24. The van der Waals surface area contributed by atoms with Crippen LogP contribution in [0.4, 0.5) is 5.69 Å². The number of hydrogen-bond acceptors (Lipinski definition) is 7. The number of likely N-dealkylation sites (N-methyl/N-ethyl adjacent to an activating group) is 1. The number of fused-ring (bicyclic) bond motifs is 1. The quantitative estimate of drug-likeness (QED) is 0.211. The summed E-state index contributed by atoms with van der Waals surface area (Å²) in [4.78, 5) is 42.4. The van der Waals surface area contributed by atoms with Crippen molar-refractivity contribution in [1.82, 2.24) is 19.8 Å². The Balaban J connectivity index is 1.35. The Bertz CT molecular complexity index is 1560. The van der Waals surface area contributed by atoms with Crippen molar-refractivity contribution in [3.63, 3.8) is 0 Å². The Morgan fingerprint density at radius 2 is 1.63 bits per heavy atom. The van der Waals surface area contributed by atoms with Crippen LogP contribution in [-0.2, 0) is 4.84 Å². The summed E-state index contributed by atoms with van der Waals surface area (Å²) in [6.07, 6.45) is 0. The van der Waals surface area contributed by atoms with E-state index in [2.05, 4.69) is 21.8 Å². The number of aromatic hydroxyl groups is 1. The van der Waals surface area contributed by atoms with E-state index < -0.39 is 5.97 Å². The van der Waals surface area contributed by atoms with Crippen LogP contribution in [0.3, 0.4) is 0 Å². The summed E-state index contributed by atoms with van der Waals surface area (Å²) in [5, 5.41) is 22.1. The molecule has 3 aromatic carbocycles. The predicted molar refractivity (Wildman–Crippen MR) is 157 cm³/mol. The molecule has 4 aromatic rings. The lowest BCUT2D eigenvalue weighted by molar-refractivity contribution is -0.111. The van der Waals surface area contributed by atoms with Crippen LogP contribution in [-0.4, -0.2) is 101 Å². The Kier molecular flexibility index (Phi) is 8.44. The van der Waals surface area contributed by atoms with Gasteiger partial charge < -0.3 is 20.1 Å². The van der Waals surface area contributed by atoms with Gasteiger partial charge in [-0.3, -0.25) is 14.5 Å². The van der Waals surface area contributed by atoms with E-state index in [4.69, 9.17) is 9.83 Å². The Labute approximate surface area is 238 Å². The van der Waals surface area contributed by atoms with Crippen molar-refractivity contribution in [2.45, 2.75) is 0 Å². The first kappa shape index (κ1) is 28.0. The van der Waals surface area contributed by atoms with Crippen LogP contribution in [0.2, 0.25) is 0 Å². The zero-order chi connectivity index (χ0) is 28.9. The molecule has 2 heterocycles. The first-order valence-electron chi connectivity index (χ1n) is 13.4. The second-order valence-corrected chi connectivity index (χ2v) is 10.1. The summed E-state index contributed by atoms with van der Waals surface area (Å²) in [6, 6.07) is 20.9. The van der Waals surface area contributed by atoms with Gasteiger partial charge in [0.25, 0.3) is 5.91 Å². The molecule has 1 aliphatic heterocycles. The standard InChI is InChI=1S/C31H33N5O5/c1-34-14-16-36(17-15-34)18-19-41-35(2)30(38)22-8-11-24(12-9-22)32-28(21-6-4-3-5-7-21)27-25-13-10-23(31(39)40)20-26(25)33-29(27)37/h3-13,20,33,37H,14-19H2,1-2H3,(H,39,40). The monoisotopic (exact) mass is 555 g/mol. The molecule has 1 aromatic heterocycles. The highest BCUT2D eigenvalue weighted by Crippen LogP contribution is 2.32. The van der Waals surface area contributed by atoms with Crippen molar-refractivity contribution in [3.05, 3.63) is 95.1 Å². The van der Waals surface area contributed by atoms with Gasteiger partial charge >= 0.3 is 5.97 Å². The summed E-state index contributed by atoms with van der Waals surface area (Å²) >= 11 is 0. The number of aromatic nitrogens is 1. The molecule has 1 fully saturated rings. The van der Waals surface area contributed by atoms with Gasteiger partial charge in [-0.05, 0) is 43.4 Å². The number of carbonyl (C=O) groups excluding carboxylic acids is 1. The molecule has 0 atom stereocenters. The average Bonchev–Trinajstić information content (AvgIpc) is 3.31. The molecular weight excluding hydrogens is 522 g/mol. The molecule has 3 N–H and O–H groups in total. The van der Waals surface area contributed by atoms with Gasteiger partial charge in [-0.2, -0.15) is 0 Å². The third-order valence-corrected chi connectivity index (χ3v) is 7.24. The highest BCUT2D eigenvalue weighted by molar-refractivity contribution is 6.22. The maximum absolute atomic E-state index is 12.9. The molecule has 1 aliphatic rings. The number of aliphatic imine (C=N–C) groups is 1. The molecule has 41 heavy (non-hydrogen) atoms. The molecule has 1 amide bonds. The second-order valence-electron chi connectivity index (χ2n) is 10.1. The van der Waals surface area contributed by atoms with E-state index in [-0.39, 0.29) is 17.4 Å². The molecule has 5 rings (SSSR count). The number of hydrogen-bond donors (Lipinski definition) is 3. The number of rotatable bonds is 9. The summed E-state index contributed by atoms with van der Waals surface area (Å²) < 4.78 is 0. The van der Waals surface area contributed by atoms with E-state index in [0.29, 0.717) is 40.0 Å². The highest BCUT2D eigenvalue weighted by Gasteiger charge is 2.20. The normalized spacial score (nSPS) is 14.8. The summed E-state index contributed by atoms with van der Waals surface area (Å²) in [5.74, 6) is -1.43. The van der Waals surface area contributed by atoms with E-state index in [1.165, 1.54) is 17.2 Å². The van der Waals surface area contributed by atoms with Crippen LogP contribution < -0.4 is 0 Å². The highest BCUT2D eigenvalue weighted by atomic mass is 16.7. The van der Waals surface area contributed by atoms with Crippen LogP contribution in [0, 0.1) is 0 Å². The fourth-order valence-corrected chi connectivity index (χ4v) is 4.84.